The molecule has 2 aromatic carbocycles. The number of rotatable bonds is 3. The highest BCUT2D eigenvalue weighted by Gasteiger charge is 2.21. The van der Waals surface area contributed by atoms with Gasteiger partial charge in [-0.2, -0.15) is 0 Å². The van der Waals surface area contributed by atoms with Gasteiger partial charge in [-0.15, -0.1) is 0 Å². The van der Waals surface area contributed by atoms with E-state index in [-0.39, 0.29) is 6.03 Å². The minimum atomic E-state index is -0.000458. The number of para-hydroxylation sites is 1. The molecule has 0 spiro atoms. The van der Waals surface area contributed by atoms with Crippen molar-refractivity contribution in [3.8, 4) is 0 Å². The van der Waals surface area contributed by atoms with Crippen LogP contribution < -0.4 is 5.32 Å². The Morgan fingerprint density at radius 1 is 1.00 bits per heavy atom. The van der Waals surface area contributed by atoms with Gasteiger partial charge in [0.25, 0.3) is 0 Å². The molecule has 0 unspecified atom stereocenters. The molecule has 2 aromatic rings. The minimum absolute atomic E-state index is 0.000458. The Bertz CT molecular complexity index is 706. The highest BCUT2D eigenvalue weighted by molar-refractivity contribution is 5.90. The van der Waals surface area contributed by atoms with Crippen LogP contribution in [0.2, 0.25) is 0 Å². The predicted molar refractivity (Wildman–Crippen MR) is 98.2 cm³/mol. The van der Waals surface area contributed by atoms with E-state index in [1.165, 1.54) is 11.1 Å². The van der Waals surface area contributed by atoms with Crippen LogP contribution in [0.25, 0.3) is 0 Å². The van der Waals surface area contributed by atoms with Crippen molar-refractivity contribution in [2.75, 3.05) is 31.5 Å². The Labute approximate surface area is 144 Å². The van der Waals surface area contributed by atoms with Gasteiger partial charge in [0.15, 0.2) is 0 Å². The van der Waals surface area contributed by atoms with Gasteiger partial charge in [0.1, 0.15) is 0 Å². The lowest BCUT2D eigenvalue weighted by atomic mass is 10.1. The number of carbonyl (C=O) groups excluding carboxylic acids is 1. The van der Waals surface area contributed by atoms with Crippen molar-refractivity contribution in [1.29, 1.82) is 0 Å². The number of urea groups is 1. The number of anilines is 1. The third kappa shape index (κ3) is 4.15. The summed E-state index contributed by atoms with van der Waals surface area (Å²) in [5, 5.41) is 3.02. The van der Waals surface area contributed by atoms with Crippen LogP contribution in [0.1, 0.15) is 16.7 Å². The van der Waals surface area contributed by atoms with Crippen molar-refractivity contribution in [3.63, 3.8) is 0 Å². The van der Waals surface area contributed by atoms with Gasteiger partial charge in [-0.05, 0) is 31.0 Å². The number of aryl methyl sites for hydroxylation is 2. The van der Waals surface area contributed by atoms with Gasteiger partial charge < -0.3 is 10.2 Å². The first-order valence-corrected chi connectivity index (χ1v) is 8.51. The Morgan fingerprint density at radius 2 is 1.75 bits per heavy atom. The lowest BCUT2D eigenvalue weighted by Crippen LogP contribution is -2.49. The van der Waals surface area contributed by atoms with Crippen molar-refractivity contribution < 1.29 is 4.79 Å². The molecule has 1 heterocycles. The molecule has 0 aliphatic carbocycles. The van der Waals surface area contributed by atoms with Crippen LogP contribution in [0.5, 0.6) is 0 Å². The maximum Gasteiger partial charge on any atom is 0.321 e. The van der Waals surface area contributed by atoms with E-state index in [1.807, 2.05) is 36.1 Å². The number of carbonyl (C=O) groups is 1. The molecule has 0 bridgehead atoms. The van der Waals surface area contributed by atoms with Crippen LogP contribution in [0.15, 0.2) is 48.5 Å². The summed E-state index contributed by atoms with van der Waals surface area (Å²) in [5.74, 6) is 0. The van der Waals surface area contributed by atoms with Crippen LogP contribution in [-0.4, -0.2) is 42.0 Å². The summed E-state index contributed by atoms with van der Waals surface area (Å²) < 4.78 is 0. The topological polar surface area (TPSA) is 35.6 Å². The van der Waals surface area contributed by atoms with Crippen LogP contribution in [0.4, 0.5) is 10.5 Å². The smallest absolute Gasteiger partial charge is 0.321 e. The van der Waals surface area contributed by atoms with E-state index in [4.69, 9.17) is 0 Å². The molecule has 1 aliphatic heterocycles. The predicted octanol–water partition coefficient (Wildman–Crippen LogP) is 3.65. The van der Waals surface area contributed by atoms with Crippen molar-refractivity contribution in [1.82, 2.24) is 9.80 Å². The first-order valence-electron chi connectivity index (χ1n) is 8.51. The molecule has 4 nitrogen and oxygen atoms in total. The number of hydrogen-bond donors (Lipinski definition) is 1. The number of benzene rings is 2. The first kappa shape index (κ1) is 16.5. The number of nitrogens with one attached hydrogen (secondary N) is 1. The van der Waals surface area contributed by atoms with Gasteiger partial charge in [-0.3, -0.25) is 4.90 Å². The molecule has 3 rings (SSSR count). The normalized spacial score (nSPS) is 15.3. The molecule has 0 aromatic heterocycles. The minimum Gasteiger partial charge on any atom is -0.322 e. The largest absolute Gasteiger partial charge is 0.322 e. The third-order valence-electron chi connectivity index (χ3n) is 4.53. The SMILES string of the molecule is Cc1cccc(CN2CCN(C(=O)Nc3ccccc3C)CC2)c1. The Hall–Kier alpha value is -2.33. The van der Waals surface area contributed by atoms with Gasteiger partial charge in [0, 0.05) is 38.4 Å². The maximum atomic E-state index is 12.4. The fourth-order valence-electron chi connectivity index (χ4n) is 3.09. The molecule has 4 heteroatoms. The molecule has 24 heavy (non-hydrogen) atoms. The second kappa shape index (κ2) is 7.49. The van der Waals surface area contributed by atoms with Crippen LogP contribution in [0, 0.1) is 13.8 Å². The summed E-state index contributed by atoms with van der Waals surface area (Å²) in [7, 11) is 0. The second-order valence-corrected chi connectivity index (χ2v) is 6.50. The molecule has 1 N–H and O–H groups in total. The van der Waals surface area contributed by atoms with E-state index < -0.39 is 0 Å². The Morgan fingerprint density at radius 3 is 2.46 bits per heavy atom. The highest BCUT2D eigenvalue weighted by Crippen LogP contribution is 2.15. The van der Waals surface area contributed by atoms with Crippen LogP contribution in [0.3, 0.4) is 0 Å². The number of nitrogens with zero attached hydrogens (tertiary/aromatic N) is 2. The van der Waals surface area contributed by atoms with Gasteiger partial charge in [0.2, 0.25) is 0 Å². The molecule has 1 aliphatic rings. The number of amides is 2. The summed E-state index contributed by atoms with van der Waals surface area (Å²) in [4.78, 5) is 16.7. The molecular formula is C20H25N3O. The monoisotopic (exact) mass is 323 g/mol. The van der Waals surface area contributed by atoms with Crippen LogP contribution >= 0.6 is 0 Å². The zero-order valence-electron chi connectivity index (χ0n) is 14.5. The van der Waals surface area contributed by atoms with E-state index in [1.54, 1.807) is 0 Å². The molecule has 2 amide bonds. The van der Waals surface area contributed by atoms with Gasteiger partial charge in [0.05, 0.1) is 0 Å². The second-order valence-electron chi connectivity index (χ2n) is 6.50. The van der Waals surface area contributed by atoms with Crippen LogP contribution in [-0.2, 0) is 6.54 Å². The fraction of sp³-hybridized carbons (Fsp3) is 0.350. The van der Waals surface area contributed by atoms with Crippen molar-refractivity contribution in [2.45, 2.75) is 20.4 Å². The van der Waals surface area contributed by atoms with Gasteiger partial charge in [-0.25, -0.2) is 4.79 Å². The summed E-state index contributed by atoms with van der Waals surface area (Å²) in [5.41, 5.74) is 4.62. The number of hydrogen-bond acceptors (Lipinski definition) is 2. The summed E-state index contributed by atoms with van der Waals surface area (Å²) in [6, 6.07) is 16.5. The van der Waals surface area contributed by atoms with Gasteiger partial charge >= 0.3 is 6.03 Å². The zero-order valence-corrected chi connectivity index (χ0v) is 14.5. The molecule has 0 atom stereocenters. The summed E-state index contributed by atoms with van der Waals surface area (Å²) in [6.45, 7) is 8.44. The first-order chi connectivity index (χ1) is 11.6. The number of piperazine rings is 1. The van der Waals surface area contributed by atoms with E-state index >= 15 is 0 Å². The molecule has 1 saturated heterocycles. The van der Waals surface area contributed by atoms with Gasteiger partial charge in [-0.1, -0.05) is 48.0 Å². The van der Waals surface area contributed by atoms with Crippen molar-refractivity contribution >= 4 is 11.7 Å². The molecule has 126 valence electrons. The maximum absolute atomic E-state index is 12.4. The highest BCUT2D eigenvalue weighted by atomic mass is 16.2. The Kier molecular flexibility index (Phi) is 5.16. The quantitative estimate of drug-likeness (QED) is 0.936. The molecular weight excluding hydrogens is 298 g/mol. The van der Waals surface area contributed by atoms with E-state index in [0.717, 1.165) is 44.0 Å². The molecule has 0 radical (unpaired) electrons. The molecule has 1 fully saturated rings. The van der Waals surface area contributed by atoms with E-state index in [0.29, 0.717) is 0 Å². The van der Waals surface area contributed by atoms with Crippen molar-refractivity contribution in [2.24, 2.45) is 0 Å². The lowest BCUT2D eigenvalue weighted by molar-refractivity contribution is 0.143. The molecule has 0 saturated carbocycles. The lowest BCUT2D eigenvalue weighted by Gasteiger charge is -2.34. The van der Waals surface area contributed by atoms with E-state index in [2.05, 4.69) is 41.4 Å². The fourth-order valence-corrected chi connectivity index (χ4v) is 3.09. The zero-order chi connectivity index (χ0) is 16.9. The average Bonchev–Trinajstić information content (AvgIpc) is 2.57. The average molecular weight is 323 g/mol. The summed E-state index contributed by atoms with van der Waals surface area (Å²) >= 11 is 0. The third-order valence-corrected chi connectivity index (χ3v) is 4.53. The van der Waals surface area contributed by atoms with Crippen molar-refractivity contribution in [3.05, 3.63) is 65.2 Å². The Balaban J connectivity index is 1.51. The summed E-state index contributed by atoms with van der Waals surface area (Å²) in [6.07, 6.45) is 0. The van der Waals surface area contributed by atoms with E-state index in [9.17, 15) is 4.79 Å². The standard InChI is InChI=1S/C20H25N3O/c1-16-6-5-8-18(14-16)15-22-10-12-23(13-11-22)20(24)21-19-9-4-3-7-17(19)2/h3-9,14H,10-13,15H2,1-2H3,(H,21,24).